The van der Waals surface area contributed by atoms with Crippen molar-refractivity contribution >= 4 is 28.9 Å². The molecule has 0 N–H and O–H groups in total. The summed E-state index contributed by atoms with van der Waals surface area (Å²) in [6.45, 7) is 8.99. The van der Waals surface area contributed by atoms with Crippen LogP contribution in [0.5, 0.6) is 0 Å². The summed E-state index contributed by atoms with van der Waals surface area (Å²) in [5.41, 5.74) is 4.53. The van der Waals surface area contributed by atoms with E-state index in [0.717, 1.165) is 44.0 Å². The van der Waals surface area contributed by atoms with Crippen LogP contribution in [0, 0.1) is 6.92 Å². The van der Waals surface area contributed by atoms with E-state index in [2.05, 4.69) is 41.1 Å². The molecule has 0 saturated carbocycles. The van der Waals surface area contributed by atoms with E-state index in [1.54, 1.807) is 6.07 Å². The van der Waals surface area contributed by atoms with Crippen molar-refractivity contribution < 1.29 is 0 Å². The van der Waals surface area contributed by atoms with Crippen molar-refractivity contribution in [1.29, 1.82) is 0 Å². The highest BCUT2D eigenvalue weighted by molar-refractivity contribution is 6.36. The van der Waals surface area contributed by atoms with Crippen molar-refractivity contribution in [3.63, 3.8) is 0 Å². The van der Waals surface area contributed by atoms with Crippen LogP contribution in [0.2, 0.25) is 10.0 Å². The Morgan fingerprint density at radius 3 is 2.32 bits per heavy atom. The van der Waals surface area contributed by atoms with Gasteiger partial charge in [0.2, 0.25) is 0 Å². The zero-order valence-electron chi connectivity index (χ0n) is 14.7. The van der Waals surface area contributed by atoms with Crippen LogP contribution in [-0.2, 0) is 6.54 Å². The summed E-state index contributed by atoms with van der Waals surface area (Å²) < 4.78 is 0. The smallest absolute Gasteiger partial charge is 0.0661 e. The molecule has 1 aliphatic heterocycles. The molecule has 0 aliphatic carbocycles. The summed E-state index contributed by atoms with van der Waals surface area (Å²) in [6, 6.07) is 14.3. The first-order valence-electron chi connectivity index (χ1n) is 8.55. The molecule has 1 fully saturated rings. The minimum atomic E-state index is 0.645. The van der Waals surface area contributed by atoms with Gasteiger partial charge in [0.1, 0.15) is 0 Å². The molecule has 25 heavy (non-hydrogen) atoms. The average Bonchev–Trinajstić information content (AvgIpc) is 2.58. The highest BCUT2D eigenvalue weighted by Gasteiger charge is 2.16. The van der Waals surface area contributed by atoms with Gasteiger partial charge in [-0.05, 0) is 31.5 Å². The summed E-state index contributed by atoms with van der Waals surface area (Å²) in [6.07, 6.45) is 0. The van der Waals surface area contributed by atoms with Gasteiger partial charge < -0.3 is 0 Å². The highest BCUT2D eigenvalue weighted by Crippen LogP contribution is 2.22. The van der Waals surface area contributed by atoms with E-state index in [1.165, 1.54) is 11.1 Å². The Kier molecular flexibility index (Phi) is 6.00. The van der Waals surface area contributed by atoms with Gasteiger partial charge in [-0.15, -0.1) is 0 Å². The fraction of sp³-hybridized carbons (Fsp3) is 0.350. The third kappa shape index (κ3) is 4.97. The van der Waals surface area contributed by atoms with Gasteiger partial charge in [0.25, 0.3) is 0 Å². The minimum absolute atomic E-state index is 0.645. The van der Waals surface area contributed by atoms with Gasteiger partial charge in [-0.2, -0.15) is 5.10 Å². The van der Waals surface area contributed by atoms with E-state index in [0.29, 0.717) is 10.0 Å². The molecule has 0 bridgehead atoms. The minimum Gasteiger partial charge on any atom is -0.295 e. The van der Waals surface area contributed by atoms with Crippen LogP contribution in [0.1, 0.15) is 23.6 Å². The van der Waals surface area contributed by atoms with Crippen molar-refractivity contribution in [2.75, 3.05) is 26.2 Å². The van der Waals surface area contributed by atoms with Gasteiger partial charge in [0.15, 0.2) is 0 Å². The van der Waals surface area contributed by atoms with Crippen LogP contribution >= 0.6 is 23.2 Å². The Labute approximate surface area is 159 Å². The lowest BCUT2D eigenvalue weighted by Gasteiger charge is -2.33. The SMILES string of the molecule is CC(=NN1CCN(Cc2ccc(C)cc2)CC1)c1ccc(Cl)cc1Cl. The second-order valence-corrected chi connectivity index (χ2v) is 7.37. The molecule has 5 heteroatoms. The highest BCUT2D eigenvalue weighted by atomic mass is 35.5. The predicted molar refractivity (Wildman–Crippen MR) is 107 cm³/mol. The molecule has 3 rings (SSSR count). The maximum Gasteiger partial charge on any atom is 0.0661 e. The van der Waals surface area contributed by atoms with Gasteiger partial charge >= 0.3 is 0 Å². The quantitative estimate of drug-likeness (QED) is 0.711. The van der Waals surface area contributed by atoms with Crippen LogP contribution in [0.15, 0.2) is 47.6 Å². The Morgan fingerprint density at radius 2 is 1.68 bits per heavy atom. The third-order valence-electron chi connectivity index (χ3n) is 4.49. The summed E-state index contributed by atoms with van der Waals surface area (Å²) in [5, 5.41) is 8.17. The van der Waals surface area contributed by atoms with E-state index < -0.39 is 0 Å². The molecule has 0 radical (unpaired) electrons. The molecule has 1 saturated heterocycles. The normalized spacial score (nSPS) is 16.3. The number of hydrogen-bond donors (Lipinski definition) is 0. The maximum absolute atomic E-state index is 6.27. The van der Waals surface area contributed by atoms with Crippen LogP contribution in [0.3, 0.4) is 0 Å². The number of aryl methyl sites for hydroxylation is 1. The Hall–Kier alpha value is -1.55. The summed E-state index contributed by atoms with van der Waals surface area (Å²) in [4.78, 5) is 2.47. The molecule has 0 unspecified atom stereocenters. The Balaban J connectivity index is 1.57. The summed E-state index contributed by atoms with van der Waals surface area (Å²) >= 11 is 12.2. The van der Waals surface area contributed by atoms with E-state index in [9.17, 15) is 0 Å². The monoisotopic (exact) mass is 375 g/mol. The van der Waals surface area contributed by atoms with Crippen molar-refractivity contribution in [3.05, 3.63) is 69.2 Å². The topological polar surface area (TPSA) is 18.8 Å². The molecule has 2 aromatic carbocycles. The molecule has 1 heterocycles. The first-order chi connectivity index (χ1) is 12.0. The number of hydrogen-bond acceptors (Lipinski definition) is 3. The average molecular weight is 376 g/mol. The van der Waals surface area contributed by atoms with Crippen molar-refractivity contribution in [2.24, 2.45) is 5.10 Å². The molecular formula is C20H23Cl2N3. The third-order valence-corrected chi connectivity index (χ3v) is 5.04. The van der Waals surface area contributed by atoms with E-state index in [1.807, 2.05) is 19.1 Å². The molecular weight excluding hydrogens is 353 g/mol. The van der Waals surface area contributed by atoms with Gasteiger partial charge in [-0.3, -0.25) is 9.91 Å². The standard InChI is InChI=1S/C20H23Cl2N3/c1-15-3-5-17(6-4-15)14-24-9-11-25(12-10-24)23-16(2)19-8-7-18(21)13-20(19)22/h3-8,13H,9-12,14H2,1-2H3. The van der Waals surface area contributed by atoms with Crippen molar-refractivity contribution in [1.82, 2.24) is 9.91 Å². The van der Waals surface area contributed by atoms with E-state index >= 15 is 0 Å². The largest absolute Gasteiger partial charge is 0.295 e. The second kappa shape index (κ2) is 8.22. The van der Waals surface area contributed by atoms with Crippen LogP contribution < -0.4 is 0 Å². The van der Waals surface area contributed by atoms with Crippen LogP contribution in [-0.4, -0.2) is 41.8 Å². The zero-order valence-corrected chi connectivity index (χ0v) is 16.2. The molecule has 0 amide bonds. The molecule has 0 aromatic heterocycles. The molecule has 1 aliphatic rings. The number of benzene rings is 2. The molecule has 0 atom stereocenters. The lowest BCUT2D eigenvalue weighted by molar-refractivity contribution is 0.130. The van der Waals surface area contributed by atoms with Gasteiger partial charge in [0, 0.05) is 43.3 Å². The van der Waals surface area contributed by atoms with Crippen LogP contribution in [0.4, 0.5) is 0 Å². The molecule has 2 aromatic rings. The second-order valence-electron chi connectivity index (χ2n) is 6.52. The van der Waals surface area contributed by atoms with E-state index in [-0.39, 0.29) is 0 Å². The lowest BCUT2D eigenvalue weighted by atomic mass is 10.1. The fourth-order valence-electron chi connectivity index (χ4n) is 3.00. The Bertz CT molecular complexity index is 748. The van der Waals surface area contributed by atoms with Gasteiger partial charge in [0.05, 0.1) is 10.7 Å². The van der Waals surface area contributed by atoms with Crippen molar-refractivity contribution in [2.45, 2.75) is 20.4 Å². The van der Waals surface area contributed by atoms with Crippen molar-refractivity contribution in [3.8, 4) is 0 Å². The van der Waals surface area contributed by atoms with Crippen LogP contribution in [0.25, 0.3) is 0 Å². The fourth-order valence-corrected chi connectivity index (χ4v) is 3.54. The molecule has 132 valence electrons. The molecule has 3 nitrogen and oxygen atoms in total. The number of halogens is 2. The number of hydrazone groups is 1. The van der Waals surface area contributed by atoms with E-state index in [4.69, 9.17) is 28.3 Å². The van der Waals surface area contributed by atoms with Gasteiger partial charge in [-0.1, -0.05) is 59.1 Å². The van der Waals surface area contributed by atoms with Gasteiger partial charge in [-0.25, -0.2) is 0 Å². The maximum atomic E-state index is 6.27. The number of nitrogens with zero attached hydrogens (tertiary/aromatic N) is 3. The molecule has 0 spiro atoms. The number of piperazine rings is 1. The first-order valence-corrected chi connectivity index (χ1v) is 9.30. The zero-order chi connectivity index (χ0) is 17.8. The Morgan fingerprint density at radius 1 is 1.00 bits per heavy atom. The first kappa shape index (κ1) is 18.2. The predicted octanol–water partition coefficient (Wildman–Crippen LogP) is 4.84. The summed E-state index contributed by atoms with van der Waals surface area (Å²) in [7, 11) is 0. The summed E-state index contributed by atoms with van der Waals surface area (Å²) in [5.74, 6) is 0. The lowest BCUT2D eigenvalue weighted by Crippen LogP contribution is -2.43. The number of rotatable bonds is 4.